The van der Waals surface area contributed by atoms with E-state index in [1.807, 2.05) is 25.1 Å². The lowest BCUT2D eigenvalue weighted by Gasteiger charge is -2.07. The van der Waals surface area contributed by atoms with E-state index in [-0.39, 0.29) is 0 Å². The second-order valence-electron chi connectivity index (χ2n) is 3.84. The van der Waals surface area contributed by atoms with Crippen LogP contribution in [0.4, 0.5) is 10.5 Å². The fraction of sp³-hybridized carbons (Fsp3) is 0.0714. The van der Waals surface area contributed by atoms with E-state index in [0.29, 0.717) is 16.5 Å². The van der Waals surface area contributed by atoms with E-state index < -0.39 is 6.09 Å². The van der Waals surface area contributed by atoms with Crippen molar-refractivity contribution < 1.29 is 9.53 Å². The Hall–Kier alpha value is -2.00. The molecular formula is C14H12ClNO2. The van der Waals surface area contributed by atoms with Crippen molar-refractivity contribution in [2.75, 3.05) is 5.32 Å². The zero-order valence-electron chi connectivity index (χ0n) is 9.81. The van der Waals surface area contributed by atoms with E-state index in [1.165, 1.54) is 0 Å². The average Bonchev–Trinajstić information content (AvgIpc) is 2.32. The molecule has 0 aliphatic carbocycles. The largest absolute Gasteiger partial charge is 0.417 e. The normalized spacial score (nSPS) is 9.89. The zero-order chi connectivity index (χ0) is 13.0. The van der Waals surface area contributed by atoms with Gasteiger partial charge < -0.3 is 4.74 Å². The average molecular weight is 262 g/mol. The van der Waals surface area contributed by atoms with Crippen LogP contribution in [0.15, 0.2) is 48.5 Å². The molecule has 1 N–H and O–H groups in total. The van der Waals surface area contributed by atoms with Crippen LogP contribution in [-0.2, 0) is 0 Å². The molecule has 0 atom stereocenters. The summed E-state index contributed by atoms with van der Waals surface area (Å²) < 4.78 is 5.10. The third-order valence-electron chi connectivity index (χ3n) is 2.29. The third kappa shape index (κ3) is 3.50. The van der Waals surface area contributed by atoms with Gasteiger partial charge in [-0.1, -0.05) is 23.7 Å². The number of amides is 1. The van der Waals surface area contributed by atoms with E-state index in [4.69, 9.17) is 16.3 Å². The zero-order valence-corrected chi connectivity index (χ0v) is 10.6. The lowest BCUT2D eigenvalue weighted by atomic mass is 10.2. The molecule has 1 amide bonds. The molecule has 0 fully saturated rings. The predicted octanol–water partition coefficient (Wildman–Crippen LogP) is 4.26. The number of halogens is 1. The molecule has 2 aromatic carbocycles. The number of aryl methyl sites for hydroxylation is 1. The summed E-state index contributed by atoms with van der Waals surface area (Å²) in [5, 5.41) is 3.25. The molecular weight excluding hydrogens is 250 g/mol. The SMILES string of the molecule is Cc1cccc(NC(=O)Oc2ccc(Cl)cc2)c1. The van der Waals surface area contributed by atoms with E-state index in [2.05, 4.69) is 5.32 Å². The van der Waals surface area contributed by atoms with Gasteiger partial charge in [-0.15, -0.1) is 0 Å². The molecule has 2 aromatic rings. The molecule has 0 spiro atoms. The minimum absolute atomic E-state index is 0.449. The highest BCUT2D eigenvalue weighted by Crippen LogP contribution is 2.16. The smallest absolute Gasteiger partial charge is 0.410 e. The first-order valence-electron chi connectivity index (χ1n) is 5.44. The first kappa shape index (κ1) is 12.5. The van der Waals surface area contributed by atoms with Gasteiger partial charge in [0.2, 0.25) is 0 Å². The third-order valence-corrected chi connectivity index (χ3v) is 2.54. The van der Waals surface area contributed by atoms with Crippen molar-refractivity contribution in [2.24, 2.45) is 0 Å². The Bertz CT molecular complexity index is 552. The lowest BCUT2D eigenvalue weighted by Crippen LogP contribution is -2.16. The highest BCUT2D eigenvalue weighted by molar-refractivity contribution is 6.30. The van der Waals surface area contributed by atoms with Crippen molar-refractivity contribution in [1.29, 1.82) is 0 Å². The van der Waals surface area contributed by atoms with Crippen LogP contribution in [0.1, 0.15) is 5.56 Å². The van der Waals surface area contributed by atoms with Crippen LogP contribution in [0.25, 0.3) is 0 Å². The number of hydrogen-bond acceptors (Lipinski definition) is 2. The fourth-order valence-corrected chi connectivity index (χ4v) is 1.60. The Balaban J connectivity index is 1.98. The van der Waals surface area contributed by atoms with Crippen LogP contribution < -0.4 is 10.1 Å². The van der Waals surface area contributed by atoms with Crippen LogP contribution in [0.3, 0.4) is 0 Å². The van der Waals surface area contributed by atoms with Gasteiger partial charge in [0.1, 0.15) is 5.75 Å². The Morgan fingerprint density at radius 1 is 1.17 bits per heavy atom. The van der Waals surface area contributed by atoms with Gasteiger partial charge in [0.05, 0.1) is 0 Å². The molecule has 0 saturated carbocycles. The Kier molecular flexibility index (Phi) is 3.85. The first-order valence-corrected chi connectivity index (χ1v) is 5.82. The van der Waals surface area contributed by atoms with E-state index >= 15 is 0 Å². The molecule has 0 unspecified atom stereocenters. The quantitative estimate of drug-likeness (QED) is 0.877. The van der Waals surface area contributed by atoms with Gasteiger partial charge in [-0.05, 0) is 48.9 Å². The number of benzene rings is 2. The maximum Gasteiger partial charge on any atom is 0.417 e. The summed E-state index contributed by atoms with van der Waals surface area (Å²) in [6.07, 6.45) is -0.525. The molecule has 0 aromatic heterocycles. The number of ether oxygens (including phenoxy) is 1. The summed E-state index contributed by atoms with van der Waals surface area (Å²) in [5.74, 6) is 0.449. The molecule has 92 valence electrons. The molecule has 4 heteroatoms. The highest BCUT2D eigenvalue weighted by Gasteiger charge is 2.04. The van der Waals surface area contributed by atoms with Gasteiger partial charge in [-0.3, -0.25) is 5.32 Å². The summed E-state index contributed by atoms with van der Waals surface area (Å²) in [5.41, 5.74) is 1.77. The second kappa shape index (κ2) is 5.56. The molecule has 0 bridgehead atoms. The maximum atomic E-state index is 11.6. The molecule has 0 saturated heterocycles. The minimum Gasteiger partial charge on any atom is -0.410 e. The highest BCUT2D eigenvalue weighted by atomic mass is 35.5. The van der Waals surface area contributed by atoms with Crippen molar-refractivity contribution in [3.05, 3.63) is 59.1 Å². The van der Waals surface area contributed by atoms with Gasteiger partial charge in [0.15, 0.2) is 0 Å². The number of hydrogen-bond donors (Lipinski definition) is 1. The van der Waals surface area contributed by atoms with Gasteiger partial charge in [-0.2, -0.15) is 0 Å². The number of rotatable bonds is 2. The molecule has 2 rings (SSSR count). The fourth-order valence-electron chi connectivity index (χ4n) is 1.48. The van der Waals surface area contributed by atoms with Crippen molar-refractivity contribution in [3.63, 3.8) is 0 Å². The van der Waals surface area contributed by atoms with Crippen LogP contribution in [-0.4, -0.2) is 6.09 Å². The van der Waals surface area contributed by atoms with Crippen LogP contribution in [0.2, 0.25) is 5.02 Å². The number of carbonyl (C=O) groups excluding carboxylic acids is 1. The Labute approximate surface area is 110 Å². The standard InChI is InChI=1S/C14H12ClNO2/c1-10-3-2-4-12(9-10)16-14(17)18-13-7-5-11(15)6-8-13/h2-9H,1H3,(H,16,17). The van der Waals surface area contributed by atoms with Crippen molar-refractivity contribution >= 4 is 23.4 Å². The number of nitrogens with one attached hydrogen (secondary N) is 1. The monoisotopic (exact) mass is 261 g/mol. The van der Waals surface area contributed by atoms with Crippen molar-refractivity contribution in [3.8, 4) is 5.75 Å². The molecule has 0 heterocycles. The van der Waals surface area contributed by atoms with E-state index in [9.17, 15) is 4.79 Å². The van der Waals surface area contributed by atoms with Crippen LogP contribution in [0.5, 0.6) is 5.75 Å². The Morgan fingerprint density at radius 2 is 1.89 bits per heavy atom. The molecule has 3 nitrogen and oxygen atoms in total. The molecule has 0 aliphatic rings. The van der Waals surface area contributed by atoms with E-state index in [0.717, 1.165) is 5.56 Å². The summed E-state index contributed by atoms with van der Waals surface area (Å²) in [6.45, 7) is 1.95. The molecule has 18 heavy (non-hydrogen) atoms. The number of anilines is 1. The summed E-state index contributed by atoms with van der Waals surface area (Å²) in [7, 11) is 0. The van der Waals surface area contributed by atoms with Crippen LogP contribution >= 0.6 is 11.6 Å². The first-order chi connectivity index (χ1) is 8.63. The van der Waals surface area contributed by atoms with Gasteiger partial charge in [0, 0.05) is 10.7 Å². The summed E-state index contributed by atoms with van der Waals surface area (Å²) in [6, 6.07) is 14.1. The second-order valence-corrected chi connectivity index (χ2v) is 4.27. The lowest BCUT2D eigenvalue weighted by molar-refractivity contribution is 0.215. The van der Waals surface area contributed by atoms with Gasteiger partial charge in [-0.25, -0.2) is 4.79 Å². The molecule has 0 radical (unpaired) electrons. The minimum atomic E-state index is -0.525. The van der Waals surface area contributed by atoms with Crippen molar-refractivity contribution in [1.82, 2.24) is 0 Å². The topological polar surface area (TPSA) is 38.3 Å². The van der Waals surface area contributed by atoms with Gasteiger partial charge in [0.25, 0.3) is 0 Å². The summed E-state index contributed by atoms with van der Waals surface area (Å²) in [4.78, 5) is 11.6. The molecule has 0 aliphatic heterocycles. The van der Waals surface area contributed by atoms with Crippen molar-refractivity contribution in [2.45, 2.75) is 6.92 Å². The predicted molar refractivity (Wildman–Crippen MR) is 72.3 cm³/mol. The Morgan fingerprint density at radius 3 is 2.56 bits per heavy atom. The maximum absolute atomic E-state index is 11.6. The van der Waals surface area contributed by atoms with Crippen LogP contribution in [0, 0.1) is 6.92 Å². The van der Waals surface area contributed by atoms with E-state index in [1.54, 1.807) is 30.3 Å². The van der Waals surface area contributed by atoms with Gasteiger partial charge >= 0.3 is 6.09 Å². The number of carbonyl (C=O) groups is 1. The summed E-state index contributed by atoms with van der Waals surface area (Å²) >= 11 is 5.74.